The minimum atomic E-state index is 0.299. The minimum Gasteiger partial charge on any atom is -0.329 e. The van der Waals surface area contributed by atoms with Gasteiger partial charge in [0.15, 0.2) is 0 Å². The van der Waals surface area contributed by atoms with Crippen molar-refractivity contribution in [2.24, 2.45) is 11.7 Å². The second-order valence-electron chi connectivity index (χ2n) is 5.37. The highest BCUT2D eigenvalue weighted by Gasteiger charge is 2.34. The molecule has 1 saturated heterocycles. The maximum absolute atomic E-state index is 6.06. The van der Waals surface area contributed by atoms with E-state index in [-0.39, 0.29) is 0 Å². The molecular formula is C14H30N2. The van der Waals surface area contributed by atoms with Crippen LogP contribution in [0.25, 0.3) is 0 Å². The van der Waals surface area contributed by atoms with Crippen molar-refractivity contribution in [3.05, 3.63) is 0 Å². The van der Waals surface area contributed by atoms with Gasteiger partial charge >= 0.3 is 0 Å². The Morgan fingerprint density at radius 2 is 1.81 bits per heavy atom. The Bertz CT molecular complexity index is 179. The largest absolute Gasteiger partial charge is 0.329 e. The third kappa shape index (κ3) is 2.98. The zero-order chi connectivity index (χ0) is 12.0. The predicted octanol–water partition coefficient (Wildman–Crippen LogP) is 3.02. The summed E-state index contributed by atoms with van der Waals surface area (Å²) >= 11 is 0. The van der Waals surface area contributed by atoms with Crippen LogP contribution in [0, 0.1) is 5.92 Å². The average Bonchev–Trinajstić information content (AvgIpc) is 2.36. The van der Waals surface area contributed by atoms with Crippen molar-refractivity contribution in [2.45, 2.75) is 64.8 Å². The van der Waals surface area contributed by atoms with Crippen molar-refractivity contribution in [3.63, 3.8) is 0 Å². The van der Waals surface area contributed by atoms with E-state index in [4.69, 9.17) is 5.73 Å². The van der Waals surface area contributed by atoms with Crippen molar-refractivity contribution in [2.75, 3.05) is 19.6 Å². The summed E-state index contributed by atoms with van der Waals surface area (Å²) in [5, 5.41) is 0. The molecule has 0 spiro atoms. The zero-order valence-electron chi connectivity index (χ0n) is 11.5. The van der Waals surface area contributed by atoms with Gasteiger partial charge in [0.25, 0.3) is 0 Å². The highest BCUT2D eigenvalue weighted by atomic mass is 15.2. The van der Waals surface area contributed by atoms with Crippen LogP contribution in [0.15, 0.2) is 0 Å². The summed E-state index contributed by atoms with van der Waals surface area (Å²) in [6, 6.07) is 0. The van der Waals surface area contributed by atoms with E-state index in [2.05, 4.69) is 25.7 Å². The predicted molar refractivity (Wildman–Crippen MR) is 71.6 cm³/mol. The Balaban J connectivity index is 2.59. The van der Waals surface area contributed by atoms with Gasteiger partial charge in [-0.25, -0.2) is 0 Å². The van der Waals surface area contributed by atoms with Crippen molar-refractivity contribution in [1.82, 2.24) is 4.90 Å². The molecule has 0 aromatic carbocycles. The van der Waals surface area contributed by atoms with E-state index in [0.717, 1.165) is 12.5 Å². The van der Waals surface area contributed by atoms with Crippen LogP contribution >= 0.6 is 0 Å². The van der Waals surface area contributed by atoms with Crippen LogP contribution in [0.4, 0.5) is 0 Å². The molecule has 0 aliphatic carbocycles. The summed E-state index contributed by atoms with van der Waals surface area (Å²) in [4.78, 5) is 2.68. The summed E-state index contributed by atoms with van der Waals surface area (Å²) < 4.78 is 0. The van der Waals surface area contributed by atoms with Gasteiger partial charge in [-0.05, 0) is 44.7 Å². The molecule has 16 heavy (non-hydrogen) atoms. The Hall–Kier alpha value is -0.0800. The molecule has 0 bridgehead atoms. The number of piperidine rings is 1. The standard InChI is InChI=1S/C14H30N2/c1-4-9-14(6-3,12-15)16-10-7-13(5-2)8-11-16/h13H,4-12,15H2,1-3H3. The van der Waals surface area contributed by atoms with Gasteiger partial charge in [-0.15, -0.1) is 0 Å². The molecule has 1 aliphatic rings. The van der Waals surface area contributed by atoms with Crippen LogP contribution in [0.2, 0.25) is 0 Å². The molecule has 96 valence electrons. The second-order valence-corrected chi connectivity index (χ2v) is 5.37. The molecule has 0 aromatic rings. The van der Waals surface area contributed by atoms with Gasteiger partial charge in [0.1, 0.15) is 0 Å². The van der Waals surface area contributed by atoms with E-state index in [9.17, 15) is 0 Å². The molecule has 0 amide bonds. The average molecular weight is 226 g/mol. The third-order valence-electron chi connectivity index (χ3n) is 4.62. The first kappa shape index (κ1) is 14.0. The molecule has 2 nitrogen and oxygen atoms in total. The van der Waals surface area contributed by atoms with Crippen LogP contribution in [0.3, 0.4) is 0 Å². The fourth-order valence-electron chi connectivity index (χ4n) is 3.21. The maximum atomic E-state index is 6.06. The molecule has 1 atom stereocenters. The molecule has 1 fully saturated rings. The number of likely N-dealkylation sites (tertiary alicyclic amines) is 1. The van der Waals surface area contributed by atoms with Crippen LogP contribution < -0.4 is 5.73 Å². The first-order chi connectivity index (χ1) is 7.72. The SMILES string of the molecule is CCCC(CC)(CN)N1CCC(CC)CC1. The summed E-state index contributed by atoms with van der Waals surface area (Å²) in [7, 11) is 0. The van der Waals surface area contributed by atoms with E-state index in [0.29, 0.717) is 5.54 Å². The molecule has 1 heterocycles. The molecule has 0 aromatic heterocycles. The molecule has 0 saturated carbocycles. The number of hydrogen-bond donors (Lipinski definition) is 1. The lowest BCUT2D eigenvalue weighted by Gasteiger charge is -2.46. The van der Waals surface area contributed by atoms with Crippen LogP contribution in [-0.2, 0) is 0 Å². The smallest absolute Gasteiger partial charge is 0.0329 e. The first-order valence-electron chi connectivity index (χ1n) is 7.17. The molecular weight excluding hydrogens is 196 g/mol. The molecule has 2 N–H and O–H groups in total. The van der Waals surface area contributed by atoms with E-state index < -0.39 is 0 Å². The van der Waals surface area contributed by atoms with E-state index in [1.165, 1.54) is 51.6 Å². The quantitative estimate of drug-likeness (QED) is 0.754. The third-order valence-corrected chi connectivity index (χ3v) is 4.62. The number of nitrogens with zero attached hydrogens (tertiary/aromatic N) is 1. The lowest BCUT2D eigenvalue weighted by atomic mass is 9.84. The molecule has 1 rings (SSSR count). The van der Waals surface area contributed by atoms with Crippen LogP contribution in [0.5, 0.6) is 0 Å². The molecule has 2 heteroatoms. The Labute approximate surface area is 102 Å². The number of hydrogen-bond acceptors (Lipinski definition) is 2. The van der Waals surface area contributed by atoms with Crippen molar-refractivity contribution >= 4 is 0 Å². The maximum Gasteiger partial charge on any atom is 0.0329 e. The van der Waals surface area contributed by atoms with Crippen LogP contribution in [0.1, 0.15) is 59.3 Å². The lowest BCUT2D eigenvalue weighted by molar-refractivity contribution is 0.0435. The van der Waals surface area contributed by atoms with E-state index in [1.807, 2.05) is 0 Å². The summed E-state index contributed by atoms with van der Waals surface area (Å²) in [6.07, 6.45) is 7.82. The molecule has 0 radical (unpaired) electrons. The Kier molecular flexibility index (Phi) is 5.77. The normalized spacial score (nSPS) is 23.2. The number of rotatable bonds is 6. The Morgan fingerprint density at radius 3 is 2.19 bits per heavy atom. The van der Waals surface area contributed by atoms with Crippen molar-refractivity contribution in [1.29, 1.82) is 0 Å². The number of nitrogens with two attached hydrogens (primary N) is 1. The lowest BCUT2D eigenvalue weighted by Crippen LogP contribution is -2.56. The summed E-state index contributed by atoms with van der Waals surface area (Å²) in [5.74, 6) is 0.963. The topological polar surface area (TPSA) is 29.3 Å². The van der Waals surface area contributed by atoms with Crippen molar-refractivity contribution in [3.8, 4) is 0 Å². The molecule has 1 unspecified atom stereocenters. The summed E-state index contributed by atoms with van der Waals surface area (Å²) in [6.45, 7) is 10.3. The first-order valence-corrected chi connectivity index (χ1v) is 7.17. The van der Waals surface area contributed by atoms with Gasteiger partial charge in [0.2, 0.25) is 0 Å². The van der Waals surface area contributed by atoms with Crippen molar-refractivity contribution < 1.29 is 0 Å². The fourth-order valence-corrected chi connectivity index (χ4v) is 3.21. The van der Waals surface area contributed by atoms with Gasteiger partial charge in [-0.2, -0.15) is 0 Å². The van der Waals surface area contributed by atoms with Gasteiger partial charge in [0, 0.05) is 12.1 Å². The van der Waals surface area contributed by atoms with Crippen LogP contribution in [-0.4, -0.2) is 30.1 Å². The fraction of sp³-hybridized carbons (Fsp3) is 1.00. The van der Waals surface area contributed by atoms with Gasteiger partial charge in [-0.3, -0.25) is 4.90 Å². The monoisotopic (exact) mass is 226 g/mol. The van der Waals surface area contributed by atoms with Gasteiger partial charge in [0.05, 0.1) is 0 Å². The summed E-state index contributed by atoms with van der Waals surface area (Å²) in [5.41, 5.74) is 6.36. The Morgan fingerprint density at radius 1 is 1.19 bits per heavy atom. The highest BCUT2D eigenvalue weighted by Crippen LogP contribution is 2.30. The van der Waals surface area contributed by atoms with E-state index in [1.54, 1.807) is 0 Å². The van der Waals surface area contributed by atoms with Gasteiger partial charge in [-0.1, -0.05) is 33.6 Å². The second kappa shape index (κ2) is 6.61. The van der Waals surface area contributed by atoms with Gasteiger partial charge < -0.3 is 5.73 Å². The van der Waals surface area contributed by atoms with E-state index >= 15 is 0 Å². The molecule has 1 aliphatic heterocycles. The minimum absolute atomic E-state index is 0.299. The zero-order valence-corrected chi connectivity index (χ0v) is 11.5. The highest BCUT2D eigenvalue weighted by molar-refractivity contribution is 4.92.